The van der Waals surface area contributed by atoms with E-state index < -0.39 is 0 Å². The Morgan fingerprint density at radius 1 is 0.227 bits per heavy atom. The molecule has 18 aromatic rings. The van der Waals surface area contributed by atoms with Crippen LogP contribution in [0, 0.1) is 0 Å². The molecular formula is C80H48N6O2. The van der Waals surface area contributed by atoms with Crippen LogP contribution in [-0.2, 0) is 0 Å². The van der Waals surface area contributed by atoms with Gasteiger partial charge in [0.1, 0.15) is 11.2 Å². The number of hydrogen-bond acceptors (Lipinski definition) is 6. The zero-order chi connectivity index (χ0) is 57.8. The summed E-state index contributed by atoms with van der Waals surface area (Å²) in [6.07, 6.45) is 0. The predicted octanol–water partition coefficient (Wildman–Crippen LogP) is 20.9. The number of para-hydroxylation sites is 4. The summed E-state index contributed by atoms with van der Waals surface area (Å²) in [4.78, 5) is 21.4. The Hall–Kier alpha value is -12.0. The van der Waals surface area contributed by atoms with Crippen LogP contribution < -0.4 is 0 Å². The molecule has 0 aliphatic heterocycles. The van der Waals surface area contributed by atoms with Gasteiger partial charge in [-0.2, -0.15) is 9.97 Å². The molecule has 0 amide bonds. The Morgan fingerprint density at radius 2 is 0.636 bits per heavy atom. The third-order valence-corrected chi connectivity index (χ3v) is 17.4. The van der Waals surface area contributed by atoms with Crippen LogP contribution in [0.3, 0.4) is 0 Å². The maximum atomic E-state index is 6.96. The number of benzene rings is 12. The summed E-state index contributed by atoms with van der Waals surface area (Å²) >= 11 is 0. The molecular weight excluding hydrogens is 1080 g/mol. The largest absolute Gasteiger partial charge is 0.438 e. The molecule has 0 saturated heterocycles. The molecule has 6 aromatic heterocycles. The van der Waals surface area contributed by atoms with Gasteiger partial charge in [0.25, 0.3) is 0 Å². The summed E-state index contributed by atoms with van der Waals surface area (Å²) in [5, 5.41) is 8.14. The van der Waals surface area contributed by atoms with Gasteiger partial charge in [-0.15, -0.1) is 0 Å². The number of nitrogens with zero attached hydrogens (tertiary/aromatic N) is 6. The van der Waals surface area contributed by atoms with Crippen LogP contribution in [-0.4, -0.2) is 29.1 Å². The SMILES string of the molecule is c1ccc(-c2ccc(-c3nc(-c4ccc5c(c4)c4ccccc4n5-c4ccccc4)nc4oc5cc(-c6ccc7c8cc(-c9nc(-c%10cccc(-c%11ccccc%11)c%10)c%10c(n9)oc9ccccc9%10)ccc8n(-c8ccccc8)c7c6)ccc5c34)cc2)cc1. The van der Waals surface area contributed by atoms with E-state index in [0.717, 1.165) is 155 Å². The lowest BCUT2D eigenvalue weighted by Gasteiger charge is -2.10. The zero-order valence-corrected chi connectivity index (χ0v) is 47.2. The van der Waals surface area contributed by atoms with Crippen LogP contribution in [0.2, 0.25) is 0 Å². The predicted molar refractivity (Wildman–Crippen MR) is 359 cm³/mol. The molecule has 0 saturated carbocycles. The van der Waals surface area contributed by atoms with Crippen LogP contribution in [0.25, 0.3) is 178 Å². The highest BCUT2D eigenvalue weighted by Crippen LogP contribution is 2.44. The lowest BCUT2D eigenvalue weighted by atomic mass is 9.99. The van der Waals surface area contributed by atoms with Gasteiger partial charge >= 0.3 is 0 Å². The molecule has 12 aromatic carbocycles. The van der Waals surface area contributed by atoms with E-state index >= 15 is 0 Å². The molecule has 0 aliphatic rings. The molecule has 0 fully saturated rings. The van der Waals surface area contributed by atoms with Crippen LogP contribution in [0.5, 0.6) is 0 Å². The van der Waals surface area contributed by atoms with Crippen LogP contribution in [0.4, 0.5) is 0 Å². The van der Waals surface area contributed by atoms with Gasteiger partial charge < -0.3 is 18.0 Å². The minimum atomic E-state index is 0.526. The fourth-order valence-electron chi connectivity index (χ4n) is 13.2. The Bertz CT molecular complexity index is 5790. The highest BCUT2D eigenvalue weighted by atomic mass is 16.3. The van der Waals surface area contributed by atoms with E-state index in [9.17, 15) is 0 Å². The third-order valence-electron chi connectivity index (χ3n) is 17.4. The number of hydrogen-bond donors (Lipinski definition) is 0. The topological polar surface area (TPSA) is 87.7 Å². The van der Waals surface area contributed by atoms with Gasteiger partial charge in [0.05, 0.1) is 44.2 Å². The van der Waals surface area contributed by atoms with Crippen molar-refractivity contribution in [2.45, 2.75) is 0 Å². The van der Waals surface area contributed by atoms with Crippen molar-refractivity contribution in [1.82, 2.24) is 29.1 Å². The third kappa shape index (κ3) is 8.00. The normalized spacial score (nSPS) is 11.9. The minimum Gasteiger partial charge on any atom is -0.438 e. The second-order valence-corrected chi connectivity index (χ2v) is 22.5. The van der Waals surface area contributed by atoms with E-state index in [2.05, 4.69) is 270 Å². The summed E-state index contributed by atoms with van der Waals surface area (Å²) in [6, 6.07) is 102. The molecule has 8 heteroatoms. The number of fused-ring (bicyclic) bond motifs is 12. The highest BCUT2D eigenvalue weighted by molar-refractivity contribution is 6.15. The maximum absolute atomic E-state index is 6.96. The standard InChI is InChI=1S/C80H48N6O2/c1-5-18-49(19-6-1)51-32-34-52(35-33-51)75-74-64-41-37-55(48-72(64)88-80(74)84-77(81-75)57-38-42-68-65(45-57)61-28-13-15-30-67(61)85(68)59-24-9-3-10-25-59)54-36-40-62-66-46-58(39-43-69(66)86(70(62)47-54)60-26-11-4-12-27-60)78-82-76(73-63-29-14-16-31-71(63)87-79(73)83-78)56-23-17-22-53(44-56)50-20-7-2-8-21-50/h1-48H. The molecule has 88 heavy (non-hydrogen) atoms. The van der Waals surface area contributed by atoms with Gasteiger partial charge in [-0.1, -0.05) is 194 Å². The van der Waals surface area contributed by atoms with E-state index in [-0.39, 0.29) is 0 Å². The first-order valence-corrected chi connectivity index (χ1v) is 29.6. The summed E-state index contributed by atoms with van der Waals surface area (Å²) in [7, 11) is 0. The summed E-state index contributed by atoms with van der Waals surface area (Å²) < 4.78 is 18.2. The lowest BCUT2D eigenvalue weighted by Crippen LogP contribution is -1.95. The van der Waals surface area contributed by atoms with Crippen molar-refractivity contribution in [3.05, 3.63) is 291 Å². The summed E-state index contributed by atoms with van der Waals surface area (Å²) in [5.74, 6) is 1.17. The van der Waals surface area contributed by atoms with E-state index in [1.165, 1.54) is 0 Å². The van der Waals surface area contributed by atoms with Gasteiger partial charge in [0.15, 0.2) is 11.6 Å². The van der Waals surface area contributed by atoms with Gasteiger partial charge in [-0.25, -0.2) is 9.97 Å². The van der Waals surface area contributed by atoms with Crippen molar-refractivity contribution in [3.63, 3.8) is 0 Å². The molecule has 0 atom stereocenters. The van der Waals surface area contributed by atoms with Crippen LogP contribution in [0.1, 0.15) is 0 Å². The monoisotopic (exact) mass is 1120 g/mol. The Balaban J connectivity index is 0.778. The van der Waals surface area contributed by atoms with Crippen molar-refractivity contribution < 1.29 is 8.83 Å². The molecule has 18 rings (SSSR count). The molecule has 0 aliphatic carbocycles. The van der Waals surface area contributed by atoms with Crippen LogP contribution in [0.15, 0.2) is 300 Å². The fraction of sp³-hybridized carbons (Fsp3) is 0. The Kier molecular flexibility index (Phi) is 11.1. The molecule has 0 bridgehead atoms. The van der Waals surface area contributed by atoms with Crippen molar-refractivity contribution in [2.24, 2.45) is 0 Å². The molecule has 6 heterocycles. The second kappa shape index (κ2) is 19.8. The highest BCUT2D eigenvalue weighted by Gasteiger charge is 2.24. The van der Waals surface area contributed by atoms with E-state index in [1.807, 2.05) is 30.3 Å². The van der Waals surface area contributed by atoms with Crippen molar-refractivity contribution in [2.75, 3.05) is 0 Å². The van der Waals surface area contributed by atoms with Gasteiger partial charge in [-0.05, 0) is 130 Å². The first kappa shape index (κ1) is 49.4. The van der Waals surface area contributed by atoms with Gasteiger partial charge in [0, 0.05) is 65.9 Å². The van der Waals surface area contributed by atoms with Gasteiger partial charge in [0.2, 0.25) is 11.4 Å². The maximum Gasteiger partial charge on any atom is 0.231 e. The van der Waals surface area contributed by atoms with E-state index in [4.69, 9.17) is 28.8 Å². The average Bonchev–Trinajstić information content (AvgIpc) is 2.75. The second-order valence-electron chi connectivity index (χ2n) is 22.5. The first-order chi connectivity index (χ1) is 43.6. The summed E-state index contributed by atoms with van der Waals surface area (Å²) in [5.41, 5.74) is 21.1. The Labute approximate surface area is 504 Å². The Morgan fingerprint density at radius 3 is 1.28 bits per heavy atom. The molecule has 0 radical (unpaired) electrons. The molecule has 8 nitrogen and oxygen atoms in total. The fourth-order valence-corrected chi connectivity index (χ4v) is 13.2. The number of furan rings is 2. The number of aromatic nitrogens is 6. The quantitative estimate of drug-likeness (QED) is 0.143. The van der Waals surface area contributed by atoms with E-state index in [0.29, 0.717) is 23.1 Å². The molecule has 0 N–H and O–H groups in total. The smallest absolute Gasteiger partial charge is 0.231 e. The summed E-state index contributed by atoms with van der Waals surface area (Å²) in [6.45, 7) is 0. The van der Waals surface area contributed by atoms with Gasteiger partial charge in [-0.3, -0.25) is 0 Å². The zero-order valence-electron chi connectivity index (χ0n) is 47.2. The van der Waals surface area contributed by atoms with Crippen molar-refractivity contribution in [3.8, 4) is 90.0 Å². The average molecular weight is 1130 g/mol. The van der Waals surface area contributed by atoms with Crippen molar-refractivity contribution in [1.29, 1.82) is 0 Å². The lowest BCUT2D eigenvalue weighted by molar-refractivity contribution is 0.653. The van der Waals surface area contributed by atoms with Crippen LogP contribution >= 0.6 is 0 Å². The van der Waals surface area contributed by atoms with E-state index in [1.54, 1.807) is 0 Å². The molecule has 0 unspecified atom stereocenters. The minimum absolute atomic E-state index is 0.526. The molecule has 410 valence electrons. The molecule has 0 spiro atoms. The first-order valence-electron chi connectivity index (χ1n) is 29.6. The van der Waals surface area contributed by atoms with Crippen molar-refractivity contribution >= 4 is 87.7 Å². The number of rotatable bonds is 9.